The minimum atomic E-state index is -0.943. The monoisotopic (exact) mass is 352 g/mol. The van der Waals surface area contributed by atoms with E-state index in [0.717, 1.165) is 22.5 Å². The Balaban J connectivity index is 1.84. The molecule has 0 bridgehead atoms. The Labute approximate surface area is 130 Å². The van der Waals surface area contributed by atoms with Crippen molar-refractivity contribution in [2.75, 3.05) is 0 Å². The highest BCUT2D eigenvalue weighted by Crippen LogP contribution is 2.33. The van der Waals surface area contributed by atoms with Crippen LogP contribution in [0.5, 0.6) is 0 Å². The van der Waals surface area contributed by atoms with Crippen molar-refractivity contribution in [3.8, 4) is 0 Å². The number of aliphatic hydroxyl groups is 1. The predicted octanol–water partition coefficient (Wildman–Crippen LogP) is 4.19. The van der Waals surface area contributed by atoms with E-state index in [1.54, 1.807) is 0 Å². The lowest BCUT2D eigenvalue weighted by molar-refractivity contribution is 0.0266. The van der Waals surface area contributed by atoms with Gasteiger partial charge in [-0.1, -0.05) is 22.0 Å². The summed E-state index contributed by atoms with van der Waals surface area (Å²) in [7, 11) is 0. The zero-order chi connectivity index (χ0) is 15.0. The Morgan fingerprint density at radius 3 is 2.48 bits per heavy atom. The lowest BCUT2D eigenvalue weighted by Gasteiger charge is -2.34. The highest BCUT2D eigenvalue weighted by atomic mass is 79.9. The highest BCUT2D eigenvalue weighted by Gasteiger charge is 2.32. The second kappa shape index (κ2) is 5.50. The number of hydrogen-bond acceptors (Lipinski definition) is 1. The smallest absolute Gasteiger partial charge is 0.126 e. The van der Waals surface area contributed by atoms with Crippen molar-refractivity contribution in [1.29, 1.82) is 0 Å². The van der Waals surface area contributed by atoms with Crippen LogP contribution >= 0.6 is 15.9 Å². The summed E-state index contributed by atoms with van der Waals surface area (Å²) in [5.41, 5.74) is 1.87. The van der Waals surface area contributed by atoms with Crippen LogP contribution in [0.4, 0.5) is 8.78 Å². The molecule has 110 valence electrons. The largest absolute Gasteiger partial charge is 0.389 e. The molecule has 0 saturated heterocycles. The summed E-state index contributed by atoms with van der Waals surface area (Å²) in [5, 5.41) is 10.8. The van der Waals surface area contributed by atoms with E-state index in [1.807, 2.05) is 12.1 Å². The van der Waals surface area contributed by atoms with E-state index >= 15 is 0 Å². The van der Waals surface area contributed by atoms with Crippen LogP contribution in [-0.2, 0) is 19.3 Å². The molecule has 1 aliphatic rings. The predicted molar refractivity (Wildman–Crippen MR) is 81.2 cm³/mol. The fourth-order valence-corrected chi connectivity index (χ4v) is 3.46. The van der Waals surface area contributed by atoms with Crippen molar-refractivity contribution in [2.24, 2.45) is 0 Å². The summed E-state index contributed by atoms with van der Waals surface area (Å²) in [5.74, 6) is -1.21. The molecule has 1 unspecified atom stereocenters. The van der Waals surface area contributed by atoms with Crippen LogP contribution in [0, 0.1) is 11.6 Å². The SMILES string of the molecule is OC1(Cc2cc(F)cc(F)c2)CCc2cc(Br)ccc2C1. The summed E-state index contributed by atoms with van der Waals surface area (Å²) in [6.45, 7) is 0. The van der Waals surface area contributed by atoms with Gasteiger partial charge in [0.2, 0.25) is 0 Å². The first kappa shape index (κ1) is 14.7. The highest BCUT2D eigenvalue weighted by molar-refractivity contribution is 9.10. The summed E-state index contributed by atoms with van der Waals surface area (Å²) in [6.07, 6.45) is 2.13. The Hall–Kier alpha value is -1.26. The molecule has 0 aromatic heterocycles. The standard InChI is InChI=1S/C17H15BrF2O/c18-14-2-1-13-10-17(21,4-3-12(13)7-14)9-11-5-15(19)8-16(20)6-11/h1-2,5-8,21H,3-4,9-10H2. The van der Waals surface area contributed by atoms with Crippen LogP contribution < -0.4 is 0 Å². The normalized spacial score (nSPS) is 21.1. The number of fused-ring (bicyclic) bond motifs is 1. The fourth-order valence-electron chi connectivity index (χ4n) is 3.05. The summed E-state index contributed by atoms with van der Waals surface area (Å²) in [6, 6.07) is 9.44. The molecule has 0 amide bonds. The zero-order valence-corrected chi connectivity index (χ0v) is 13.0. The second-order valence-corrected chi connectivity index (χ2v) is 6.68. The number of aryl methyl sites for hydroxylation is 1. The van der Waals surface area contributed by atoms with E-state index in [4.69, 9.17) is 0 Å². The Morgan fingerprint density at radius 2 is 1.76 bits per heavy atom. The molecule has 0 radical (unpaired) electrons. The molecule has 2 aromatic carbocycles. The van der Waals surface area contributed by atoms with Gasteiger partial charge < -0.3 is 5.11 Å². The molecule has 1 atom stereocenters. The average Bonchev–Trinajstić information content (AvgIpc) is 2.37. The molecule has 2 aromatic rings. The molecule has 4 heteroatoms. The fraction of sp³-hybridized carbons (Fsp3) is 0.294. The Bertz CT molecular complexity index is 666. The molecule has 1 N–H and O–H groups in total. The van der Waals surface area contributed by atoms with Crippen molar-refractivity contribution < 1.29 is 13.9 Å². The number of benzene rings is 2. The lowest BCUT2D eigenvalue weighted by Crippen LogP contribution is -2.38. The second-order valence-electron chi connectivity index (χ2n) is 5.77. The maximum absolute atomic E-state index is 13.3. The number of hydrogen-bond donors (Lipinski definition) is 1. The van der Waals surface area contributed by atoms with Crippen LogP contribution in [0.2, 0.25) is 0 Å². The summed E-state index contributed by atoms with van der Waals surface area (Å²) >= 11 is 3.44. The van der Waals surface area contributed by atoms with E-state index in [9.17, 15) is 13.9 Å². The topological polar surface area (TPSA) is 20.2 Å². The molecule has 3 rings (SSSR count). The molecule has 0 fully saturated rings. The van der Waals surface area contributed by atoms with Gasteiger partial charge in [0.05, 0.1) is 5.60 Å². The third-order valence-electron chi connectivity index (χ3n) is 4.00. The van der Waals surface area contributed by atoms with Crippen molar-refractivity contribution in [3.05, 3.63) is 69.2 Å². The molecule has 1 aliphatic carbocycles. The van der Waals surface area contributed by atoms with E-state index < -0.39 is 17.2 Å². The summed E-state index contributed by atoms with van der Waals surface area (Å²) in [4.78, 5) is 0. The van der Waals surface area contributed by atoms with Crippen molar-refractivity contribution in [1.82, 2.24) is 0 Å². The first-order valence-corrected chi connectivity index (χ1v) is 7.67. The van der Waals surface area contributed by atoms with Gasteiger partial charge in [0.25, 0.3) is 0 Å². The number of rotatable bonds is 2. The van der Waals surface area contributed by atoms with Gasteiger partial charge in [0, 0.05) is 23.4 Å². The molecular weight excluding hydrogens is 338 g/mol. The minimum Gasteiger partial charge on any atom is -0.389 e. The Kier molecular flexibility index (Phi) is 3.84. The van der Waals surface area contributed by atoms with Gasteiger partial charge >= 0.3 is 0 Å². The van der Waals surface area contributed by atoms with E-state index in [0.29, 0.717) is 18.4 Å². The van der Waals surface area contributed by atoms with E-state index in [-0.39, 0.29) is 6.42 Å². The van der Waals surface area contributed by atoms with Crippen LogP contribution in [0.3, 0.4) is 0 Å². The van der Waals surface area contributed by atoms with Crippen LogP contribution in [-0.4, -0.2) is 10.7 Å². The molecule has 0 heterocycles. The van der Waals surface area contributed by atoms with Gasteiger partial charge in [0.15, 0.2) is 0 Å². The third kappa shape index (κ3) is 3.33. The van der Waals surface area contributed by atoms with Crippen molar-refractivity contribution in [3.63, 3.8) is 0 Å². The summed E-state index contributed by atoms with van der Waals surface area (Å²) < 4.78 is 27.6. The van der Waals surface area contributed by atoms with E-state index in [2.05, 4.69) is 22.0 Å². The van der Waals surface area contributed by atoms with Gasteiger partial charge in [-0.05, 0) is 53.8 Å². The third-order valence-corrected chi connectivity index (χ3v) is 4.50. The zero-order valence-electron chi connectivity index (χ0n) is 11.4. The Morgan fingerprint density at radius 1 is 1.05 bits per heavy atom. The van der Waals surface area contributed by atoms with Gasteiger partial charge in [-0.15, -0.1) is 0 Å². The maximum Gasteiger partial charge on any atom is 0.126 e. The molecule has 0 saturated carbocycles. The molecule has 0 aliphatic heterocycles. The van der Waals surface area contributed by atoms with Gasteiger partial charge in [0.1, 0.15) is 11.6 Å². The van der Waals surface area contributed by atoms with Crippen LogP contribution in [0.25, 0.3) is 0 Å². The first-order chi connectivity index (χ1) is 9.93. The maximum atomic E-state index is 13.3. The first-order valence-electron chi connectivity index (χ1n) is 6.88. The van der Waals surface area contributed by atoms with Crippen LogP contribution in [0.15, 0.2) is 40.9 Å². The minimum absolute atomic E-state index is 0.261. The van der Waals surface area contributed by atoms with Gasteiger partial charge in [-0.2, -0.15) is 0 Å². The van der Waals surface area contributed by atoms with Crippen molar-refractivity contribution in [2.45, 2.75) is 31.3 Å². The molecule has 21 heavy (non-hydrogen) atoms. The molecule has 0 spiro atoms. The van der Waals surface area contributed by atoms with Crippen molar-refractivity contribution >= 4 is 15.9 Å². The molecule has 1 nitrogen and oxygen atoms in total. The lowest BCUT2D eigenvalue weighted by atomic mass is 9.77. The molecular formula is C17H15BrF2O. The van der Waals surface area contributed by atoms with Gasteiger partial charge in [-0.3, -0.25) is 0 Å². The average molecular weight is 353 g/mol. The van der Waals surface area contributed by atoms with E-state index in [1.165, 1.54) is 17.7 Å². The quantitative estimate of drug-likeness (QED) is 0.859. The van der Waals surface area contributed by atoms with Crippen LogP contribution in [0.1, 0.15) is 23.1 Å². The van der Waals surface area contributed by atoms with Gasteiger partial charge in [-0.25, -0.2) is 8.78 Å². The number of halogens is 3.